The lowest BCUT2D eigenvalue weighted by Gasteiger charge is -2.16. The third-order valence-corrected chi connectivity index (χ3v) is 2.27. The molecule has 0 aromatic carbocycles. The molecule has 0 aromatic heterocycles. The number of hydrogen-bond donors (Lipinski definition) is 2. The lowest BCUT2D eigenvalue weighted by Crippen LogP contribution is -2.33. The van der Waals surface area contributed by atoms with Crippen molar-refractivity contribution in [1.82, 2.24) is 0 Å². The molecule has 0 radical (unpaired) electrons. The molecule has 0 aliphatic heterocycles. The Morgan fingerprint density at radius 2 is 2.00 bits per heavy atom. The third-order valence-electron chi connectivity index (χ3n) is 0.989. The molecule has 2 nitrogen and oxygen atoms in total. The van der Waals surface area contributed by atoms with Gasteiger partial charge in [-0.2, -0.15) is 13.2 Å². The van der Waals surface area contributed by atoms with Crippen molar-refractivity contribution in [3.63, 3.8) is 0 Å². The van der Waals surface area contributed by atoms with Crippen LogP contribution in [0.4, 0.5) is 13.2 Å². The first-order valence-corrected chi connectivity index (χ1v) is 4.06. The van der Waals surface area contributed by atoms with E-state index in [4.69, 9.17) is 10.8 Å². The number of thioether (sulfide) groups is 1. The Hall–Kier alpha value is 0.0600. The van der Waals surface area contributed by atoms with E-state index < -0.39 is 18.0 Å². The zero-order valence-corrected chi connectivity index (χ0v) is 6.58. The van der Waals surface area contributed by atoms with Crippen molar-refractivity contribution >= 4 is 11.8 Å². The summed E-state index contributed by atoms with van der Waals surface area (Å²) in [5.74, 6) is 0.0708. The standard InChI is InChI=1S/C5H10F3NOS/c6-5(7,8)4(3-9)11-2-1-10/h4,10H,1-3,9H2. The smallest absolute Gasteiger partial charge is 0.396 e. The number of hydrogen-bond acceptors (Lipinski definition) is 3. The fraction of sp³-hybridized carbons (Fsp3) is 1.00. The van der Waals surface area contributed by atoms with E-state index >= 15 is 0 Å². The minimum absolute atomic E-state index is 0.0708. The van der Waals surface area contributed by atoms with Crippen LogP contribution in [-0.4, -0.2) is 35.4 Å². The second-order valence-electron chi connectivity index (χ2n) is 1.86. The summed E-state index contributed by atoms with van der Waals surface area (Å²) in [6.45, 7) is -0.689. The molecule has 0 bridgehead atoms. The molecule has 0 fully saturated rings. The van der Waals surface area contributed by atoms with E-state index in [1.165, 1.54) is 0 Å². The summed E-state index contributed by atoms with van der Waals surface area (Å²) in [4.78, 5) is 0. The average molecular weight is 189 g/mol. The summed E-state index contributed by atoms with van der Waals surface area (Å²) in [7, 11) is 0. The van der Waals surface area contributed by atoms with Crippen LogP contribution in [0.15, 0.2) is 0 Å². The summed E-state index contributed by atoms with van der Waals surface area (Å²) in [6, 6.07) is 0. The van der Waals surface area contributed by atoms with Crippen LogP contribution in [-0.2, 0) is 0 Å². The van der Waals surface area contributed by atoms with Gasteiger partial charge >= 0.3 is 6.18 Å². The molecule has 6 heteroatoms. The predicted octanol–water partition coefficient (Wildman–Crippen LogP) is 0.602. The summed E-state index contributed by atoms with van der Waals surface area (Å²) in [5.41, 5.74) is 4.88. The first-order valence-electron chi connectivity index (χ1n) is 3.01. The second kappa shape index (κ2) is 4.84. The highest BCUT2D eigenvalue weighted by molar-refractivity contribution is 8.00. The van der Waals surface area contributed by atoms with Gasteiger partial charge in [-0.05, 0) is 0 Å². The summed E-state index contributed by atoms with van der Waals surface area (Å²) in [5, 5.41) is 6.70. The van der Waals surface area contributed by atoms with Gasteiger partial charge in [0, 0.05) is 12.3 Å². The molecule has 0 saturated carbocycles. The summed E-state index contributed by atoms with van der Waals surface area (Å²) >= 11 is 0.628. The quantitative estimate of drug-likeness (QED) is 0.680. The second-order valence-corrected chi connectivity index (χ2v) is 3.17. The number of aliphatic hydroxyl groups excluding tert-OH is 1. The molecule has 11 heavy (non-hydrogen) atoms. The molecule has 68 valence electrons. The fourth-order valence-electron chi connectivity index (χ4n) is 0.491. The van der Waals surface area contributed by atoms with Crippen molar-refractivity contribution < 1.29 is 18.3 Å². The molecule has 0 rings (SSSR count). The van der Waals surface area contributed by atoms with E-state index in [9.17, 15) is 13.2 Å². The van der Waals surface area contributed by atoms with Crippen LogP contribution in [0.5, 0.6) is 0 Å². The Kier molecular flexibility index (Phi) is 4.87. The molecule has 1 atom stereocenters. The van der Waals surface area contributed by atoms with Gasteiger partial charge < -0.3 is 10.8 Å². The number of nitrogens with two attached hydrogens (primary N) is 1. The van der Waals surface area contributed by atoms with Gasteiger partial charge in [0.1, 0.15) is 5.25 Å². The molecule has 0 heterocycles. The van der Waals surface area contributed by atoms with Crippen LogP contribution >= 0.6 is 11.8 Å². The molecule has 0 saturated heterocycles. The van der Waals surface area contributed by atoms with Crippen LogP contribution < -0.4 is 5.73 Å². The Morgan fingerprint density at radius 1 is 1.45 bits per heavy atom. The normalized spacial score (nSPS) is 15.0. The topological polar surface area (TPSA) is 46.2 Å². The van der Waals surface area contributed by atoms with E-state index in [0.29, 0.717) is 11.8 Å². The Labute approximate surface area is 67.0 Å². The third kappa shape index (κ3) is 4.49. The molecular formula is C5H10F3NOS. The fourth-order valence-corrected chi connectivity index (χ4v) is 1.21. The number of alkyl halides is 3. The summed E-state index contributed by atoms with van der Waals surface area (Å²) in [6.07, 6.45) is -4.26. The molecule has 0 aliphatic rings. The monoisotopic (exact) mass is 189 g/mol. The van der Waals surface area contributed by atoms with Crippen molar-refractivity contribution in [2.45, 2.75) is 11.4 Å². The van der Waals surface area contributed by atoms with E-state index in [2.05, 4.69) is 0 Å². The lowest BCUT2D eigenvalue weighted by atomic mass is 10.4. The highest BCUT2D eigenvalue weighted by Gasteiger charge is 2.38. The Bertz CT molecular complexity index is 108. The van der Waals surface area contributed by atoms with Crippen LogP contribution in [0.25, 0.3) is 0 Å². The largest absolute Gasteiger partial charge is 0.401 e. The highest BCUT2D eigenvalue weighted by Crippen LogP contribution is 2.29. The molecule has 0 aliphatic carbocycles. The first-order chi connectivity index (χ1) is 5.02. The van der Waals surface area contributed by atoms with Gasteiger partial charge in [-0.1, -0.05) is 0 Å². The molecule has 0 aromatic rings. The minimum Gasteiger partial charge on any atom is -0.396 e. The SMILES string of the molecule is NCC(SCCO)C(F)(F)F. The van der Waals surface area contributed by atoms with Gasteiger partial charge in [0.25, 0.3) is 0 Å². The number of rotatable bonds is 4. The predicted molar refractivity (Wildman–Crippen MR) is 38.4 cm³/mol. The molecular weight excluding hydrogens is 179 g/mol. The van der Waals surface area contributed by atoms with Crippen LogP contribution in [0, 0.1) is 0 Å². The van der Waals surface area contributed by atoms with Gasteiger partial charge in [0.05, 0.1) is 6.61 Å². The number of halogens is 3. The van der Waals surface area contributed by atoms with Crippen molar-refractivity contribution in [2.75, 3.05) is 18.9 Å². The van der Waals surface area contributed by atoms with Gasteiger partial charge in [-0.15, -0.1) is 11.8 Å². The molecule has 0 amide bonds. The van der Waals surface area contributed by atoms with Crippen molar-refractivity contribution in [3.05, 3.63) is 0 Å². The molecule has 3 N–H and O–H groups in total. The van der Waals surface area contributed by atoms with Crippen LogP contribution in [0.2, 0.25) is 0 Å². The van der Waals surface area contributed by atoms with E-state index in [0.717, 1.165) is 0 Å². The maximum Gasteiger partial charge on any atom is 0.401 e. The Balaban J connectivity index is 3.76. The maximum atomic E-state index is 11.9. The highest BCUT2D eigenvalue weighted by atomic mass is 32.2. The molecule has 0 spiro atoms. The average Bonchev–Trinajstić information content (AvgIpc) is 1.87. The van der Waals surface area contributed by atoms with E-state index in [1.54, 1.807) is 0 Å². The zero-order valence-electron chi connectivity index (χ0n) is 5.77. The van der Waals surface area contributed by atoms with E-state index in [1.807, 2.05) is 0 Å². The first kappa shape index (κ1) is 11.1. The van der Waals surface area contributed by atoms with Gasteiger partial charge in [-0.3, -0.25) is 0 Å². The van der Waals surface area contributed by atoms with Crippen molar-refractivity contribution in [1.29, 1.82) is 0 Å². The number of aliphatic hydroxyl groups is 1. The van der Waals surface area contributed by atoms with Gasteiger partial charge in [-0.25, -0.2) is 0 Å². The van der Waals surface area contributed by atoms with Crippen molar-refractivity contribution in [3.8, 4) is 0 Å². The Morgan fingerprint density at radius 3 is 2.27 bits per heavy atom. The minimum atomic E-state index is -4.26. The van der Waals surface area contributed by atoms with Crippen LogP contribution in [0.3, 0.4) is 0 Å². The van der Waals surface area contributed by atoms with Gasteiger partial charge in [0.2, 0.25) is 0 Å². The van der Waals surface area contributed by atoms with Gasteiger partial charge in [0.15, 0.2) is 0 Å². The maximum absolute atomic E-state index is 11.9. The molecule has 1 unspecified atom stereocenters. The lowest BCUT2D eigenvalue weighted by molar-refractivity contribution is -0.126. The van der Waals surface area contributed by atoms with Crippen molar-refractivity contribution in [2.24, 2.45) is 5.73 Å². The van der Waals surface area contributed by atoms with Crippen LogP contribution in [0.1, 0.15) is 0 Å². The van der Waals surface area contributed by atoms with E-state index in [-0.39, 0.29) is 12.4 Å². The summed E-state index contributed by atoms with van der Waals surface area (Å²) < 4.78 is 35.6. The zero-order chi connectivity index (χ0) is 8.91.